The zero-order chi connectivity index (χ0) is 15.1. The van der Waals surface area contributed by atoms with Gasteiger partial charge in [-0.3, -0.25) is 0 Å². The van der Waals surface area contributed by atoms with Crippen molar-refractivity contribution in [3.05, 3.63) is 35.4 Å². The molecule has 3 nitrogen and oxygen atoms in total. The highest BCUT2D eigenvalue weighted by Gasteiger charge is 2.24. The summed E-state index contributed by atoms with van der Waals surface area (Å²) in [5.74, 6) is 0. The number of carbonyl (C=O) groups excluding carboxylic acids is 1. The lowest BCUT2D eigenvalue weighted by Gasteiger charge is -2.34. The summed E-state index contributed by atoms with van der Waals surface area (Å²) in [4.78, 5) is 14.6. The van der Waals surface area contributed by atoms with Gasteiger partial charge in [0.15, 0.2) is 0 Å². The maximum Gasteiger partial charge on any atom is 0.317 e. The number of benzene rings is 1. The Kier molecular flexibility index (Phi) is 6.09. The molecule has 0 saturated heterocycles. The van der Waals surface area contributed by atoms with Crippen LogP contribution in [0, 0.1) is 6.92 Å². The lowest BCUT2D eigenvalue weighted by molar-refractivity contribution is 0.155. The van der Waals surface area contributed by atoms with Crippen molar-refractivity contribution in [2.75, 3.05) is 6.54 Å². The van der Waals surface area contributed by atoms with Crippen LogP contribution < -0.4 is 5.32 Å². The number of amides is 2. The molecule has 1 fully saturated rings. The Labute approximate surface area is 128 Å². The third kappa shape index (κ3) is 4.76. The summed E-state index contributed by atoms with van der Waals surface area (Å²) in [7, 11) is 0. The van der Waals surface area contributed by atoms with Crippen LogP contribution in [0.25, 0.3) is 0 Å². The molecule has 1 N–H and O–H groups in total. The van der Waals surface area contributed by atoms with Crippen molar-refractivity contribution in [2.24, 2.45) is 0 Å². The van der Waals surface area contributed by atoms with Crippen LogP contribution in [-0.2, 0) is 6.54 Å². The molecule has 2 amide bonds. The molecule has 0 aromatic heterocycles. The van der Waals surface area contributed by atoms with Gasteiger partial charge in [0.1, 0.15) is 0 Å². The SMILES string of the molecule is CCCN(C(=O)NCc1cccc(C)c1)C1CCCCC1. The van der Waals surface area contributed by atoms with Crippen LogP contribution >= 0.6 is 0 Å². The van der Waals surface area contributed by atoms with Crippen LogP contribution in [0.2, 0.25) is 0 Å². The van der Waals surface area contributed by atoms with Gasteiger partial charge >= 0.3 is 6.03 Å². The molecule has 0 atom stereocenters. The van der Waals surface area contributed by atoms with Gasteiger partial charge < -0.3 is 10.2 Å². The molecule has 116 valence electrons. The van der Waals surface area contributed by atoms with Gasteiger partial charge in [0.2, 0.25) is 0 Å². The van der Waals surface area contributed by atoms with E-state index in [1.807, 2.05) is 6.07 Å². The third-order valence-electron chi connectivity index (χ3n) is 4.27. The van der Waals surface area contributed by atoms with Crippen LogP contribution in [-0.4, -0.2) is 23.5 Å². The van der Waals surface area contributed by atoms with Gasteiger partial charge in [0.25, 0.3) is 0 Å². The second-order valence-electron chi connectivity index (χ2n) is 6.13. The average molecular weight is 288 g/mol. The lowest BCUT2D eigenvalue weighted by Crippen LogP contribution is -2.47. The van der Waals surface area contributed by atoms with Gasteiger partial charge in [0.05, 0.1) is 0 Å². The number of aryl methyl sites for hydroxylation is 1. The summed E-state index contributed by atoms with van der Waals surface area (Å²) in [6.45, 7) is 5.71. The van der Waals surface area contributed by atoms with Gasteiger partial charge in [-0.25, -0.2) is 4.79 Å². The normalized spacial score (nSPS) is 15.7. The van der Waals surface area contributed by atoms with E-state index in [1.165, 1.54) is 30.4 Å². The Balaban J connectivity index is 1.91. The van der Waals surface area contributed by atoms with Crippen molar-refractivity contribution in [1.82, 2.24) is 10.2 Å². The Hall–Kier alpha value is -1.51. The zero-order valence-electron chi connectivity index (χ0n) is 13.4. The smallest absolute Gasteiger partial charge is 0.317 e. The van der Waals surface area contributed by atoms with E-state index in [0.717, 1.165) is 25.8 Å². The molecular weight excluding hydrogens is 260 g/mol. The van der Waals surface area contributed by atoms with Gasteiger partial charge in [-0.1, -0.05) is 56.0 Å². The predicted molar refractivity (Wildman–Crippen MR) is 87.3 cm³/mol. The molecule has 0 bridgehead atoms. The molecule has 1 aromatic carbocycles. The van der Waals surface area contributed by atoms with E-state index in [9.17, 15) is 4.79 Å². The van der Waals surface area contributed by atoms with Crippen LogP contribution in [0.15, 0.2) is 24.3 Å². The number of nitrogens with one attached hydrogen (secondary N) is 1. The number of hydrogen-bond donors (Lipinski definition) is 1. The first kappa shape index (κ1) is 15.9. The molecule has 3 heteroatoms. The molecule has 2 rings (SSSR count). The molecule has 1 aliphatic rings. The van der Waals surface area contributed by atoms with Crippen molar-refractivity contribution in [3.8, 4) is 0 Å². The van der Waals surface area contributed by atoms with E-state index in [-0.39, 0.29) is 6.03 Å². The molecule has 0 spiro atoms. The summed E-state index contributed by atoms with van der Waals surface area (Å²) < 4.78 is 0. The summed E-state index contributed by atoms with van der Waals surface area (Å²) in [5, 5.41) is 3.10. The van der Waals surface area contributed by atoms with Crippen LogP contribution in [0.4, 0.5) is 4.79 Å². The van der Waals surface area contributed by atoms with Crippen molar-refractivity contribution >= 4 is 6.03 Å². The Morgan fingerprint density at radius 2 is 2.05 bits per heavy atom. The Morgan fingerprint density at radius 3 is 2.71 bits per heavy atom. The van der Waals surface area contributed by atoms with E-state index in [1.54, 1.807) is 0 Å². The number of hydrogen-bond acceptors (Lipinski definition) is 1. The Bertz CT molecular complexity index is 452. The Morgan fingerprint density at radius 1 is 1.29 bits per heavy atom. The quantitative estimate of drug-likeness (QED) is 0.863. The molecular formula is C18H28N2O. The van der Waals surface area contributed by atoms with E-state index in [2.05, 4.69) is 42.3 Å². The molecule has 0 aliphatic heterocycles. The molecule has 21 heavy (non-hydrogen) atoms. The van der Waals surface area contributed by atoms with Gasteiger partial charge in [-0.2, -0.15) is 0 Å². The van der Waals surface area contributed by atoms with E-state index in [4.69, 9.17) is 0 Å². The molecule has 0 heterocycles. The minimum absolute atomic E-state index is 0.102. The second kappa shape index (κ2) is 8.06. The van der Waals surface area contributed by atoms with Crippen molar-refractivity contribution in [3.63, 3.8) is 0 Å². The monoisotopic (exact) mass is 288 g/mol. The molecule has 0 unspecified atom stereocenters. The fourth-order valence-corrected chi connectivity index (χ4v) is 3.18. The first-order chi connectivity index (χ1) is 10.2. The predicted octanol–water partition coefficient (Wildman–Crippen LogP) is 4.25. The van der Waals surface area contributed by atoms with Crippen LogP contribution in [0.5, 0.6) is 0 Å². The minimum atomic E-state index is 0.102. The fraction of sp³-hybridized carbons (Fsp3) is 0.611. The zero-order valence-corrected chi connectivity index (χ0v) is 13.4. The molecule has 1 saturated carbocycles. The summed E-state index contributed by atoms with van der Waals surface area (Å²) in [5.41, 5.74) is 2.41. The van der Waals surface area contributed by atoms with E-state index < -0.39 is 0 Å². The van der Waals surface area contributed by atoms with Crippen molar-refractivity contribution < 1.29 is 4.79 Å². The summed E-state index contributed by atoms with van der Waals surface area (Å²) in [6, 6.07) is 8.86. The standard InChI is InChI=1S/C18H28N2O/c1-3-12-20(17-10-5-4-6-11-17)18(21)19-14-16-9-7-8-15(2)13-16/h7-9,13,17H,3-6,10-12,14H2,1-2H3,(H,19,21). The van der Waals surface area contributed by atoms with Gasteiger partial charge in [-0.05, 0) is 31.7 Å². The number of nitrogens with zero attached hydrogens (tertiary/aromatic N) is 1. The highest BCUT2D eigenvalue weighted by atomic mass is 16.2. The number of urea groups is 1. The lowest BCUT2D eigenvalue weighted by atomic mass is 9.94. The van der Waals surface area contributed by atoms with Crippen LogP contribution in [0.3, 0.4) is 0 Å². The maximum absolute atomic E-state index is 12.5. The van der Waals surface area contributed by atoms with Crippen molar-refractivity contribution in [2.45, 2.75) is 65.0 Å². The summed E-state index contributed by atoms with van der Waals surface area (Å²) in [6.07, 6.45) is 7.19. The first-order valence-corrected chi connectivity index (χ1v) is 8.30. The molecule has 0 radical (unpaired) electrons. The fourth-order valence-electron chi connectivity index (χ4n) is 3.18. The third-order valence-corrected chi connectivity index (χ3v) is 4.27. The molecule has 1 aromatic rings. The number of rotatable bonds is 5. The highest BCUT2D eigenvalue weighted by molar-refractivity contribution is 5.74. The first-order valence-electron chi connectivity index (χ1n) is 8.30. The molecule has 1 aliphatic carbocycles. The number of carbonyl (C=O) groups is 1. The largest absolute Gasteiger partial charge is 0.334 e. The maximum atomic E-state index is 12.5. The van der Waals surface area contributed by atoms with E-state index >= 15 is 0 Å². The van der Waals surface area contributed by atoms with Crippen LogP contribution in [0.1, 0.15) is 56.6 Å². The van der Waals surface area contributed by atoms with Gasteiger partial charge in [0, 0.05) is 19.1 Å². The minimum Gasteiger partial charge on any atom is -0.334 e. The summed E-state index contributed by atoms with van der Waals surface area (Å²) >= 11 is 0. The second-order valence-corrected chi connectivity index (χ2v) is 6.13. The topological polar surface area (TPSA) is 32.3 Å². The van der Waals surface area contributed by atoms with Gasteiger partial charge in [-0.15, -0.1) is 0 Å². The highest BCUT2D eigenvalue weighted by Crippen LogP contribution is 2.23. The average Bonchev–Trinajstić information content (AvgIpc) is 2.51. The van der Waals surface area contributed by atoms with Crippen molar-refractivity contribution in [1.29, 1.82) is 0 Å². The van der Waals surface area contributed by atoms with E-state index in [0.29, 0.717) is 12.6 Å².